The molecule has 0 saturated carbocycles. The van der Waals surface area contributed by atoms with E-state index in [2.05, 4.69) is 15.6 Å². The molecule has 0 bridgehead atoms. The average molecular weight is 323 g/mol. The first kappa shape index (κ1) is 18.7. The van der Waals surface area contributed by atoms with E-state index >= 15 is 0 Å². The number of hydrogen-bond donors (Lipinski definition) is 2. The van der Waals surface area contributed by atoms with Crippen molar-refractivity contribution in [3.05, 3.63) is 24.0 Å². The SMILES string of the molecule is COc1cccnc1CNC(=O)C(C)(C)NC(=O)OC(C)(C)C. The zero-order valence-electron chi connectivity index (χ0n) is 14.5. The molecule has 1 aromatic rings. The summed E-state index contributed by atoms with van der Waals surface area (Å²) in [6.45, 7) is 8.67. The molecule has 1 rings (SSSR count). The van der Waals surface area contributed by atoms with Crippen LogP contribution in [0.1, 0.15) is 40.3 Å². The highest BCUT2D eigenvalue weighted by atomic mass is 16.6. The van der Waals surface area contributed by atoms with Gasteiger partial charge in [0.1, 0.15) is 22.6 Å². The van der Waals surface area contributed by atoms with Gasteiger partial charge >= 0.3 is 6.09 Å². The van der Waals surface area contributed by atoms with Crippen molar-refractivity contribution in [2.75, 3.05) is 7.11 Å². The van der Waals surface area contributed by atoms with E-state index in [9.17, 15) is 9.59 Å². The first-order chi connectivity index (χ1) is 10.5. The number of nitrogens with one attached hydrogen (secondary N) is 2. The molecule has 0 aliphatic rings. The normalized spacial score (nSPS) is 11.6. The lowest BCUT2D eigenvalue weighted by atomic mass is 10.1. The second-order valence-corrected chi connectivity index (χ2v) is 6.59. The third-order valence-corrected chi connectivity index (χ3v) is 2.87. The lowest BCUT2D eigenvalue weighted by Crippen LogP contribution is -2.55. The Morgan fingerprint density at radius 1 is 1.22 bits per heavy atom. The highest BCUT2D eigenvalue weighted by Crippen LogP contribution is 2.14. The second-order valence-electron chi connectivity index (χ2n) is 6.59. The predicted octanol–water partition coefficient (Wildman–Crippen LogP) is 2.01. The van der Waals surface area contributed by atoms with Crippen molar-refractivity contribution in [2.24, 2.45) is 0 Å². The van der Waals surface area contributed by atoms with Crippen LogP contribution in [0.3, 0.4) is 0 Å². The lowest BCUT2D eigenvalue weighted by molar-refractivity contribution is -0.126. The van der Waals surface area contributed by atoms with Crippen LogP contribution in [0.2, 0.25) is 0 Å². The number of pyridine rings is 1. The van der Waals surface area contributed by atoms with E-state index in [1.807, 2.05) is 0 Å². The number of alkyl carbamates (subject to hydrolysis) is 1. The highest BCUT2D eigenvalue weighted by Gasteiger charge is 2.31. The van der Waals surface area contributed by atoms with Crippen molar-refractivity contribution >= 4 is 12.0 Å². The first-order valence-electron chi connectivity index (χ1n) is 7.32. The summed E-state index contributed by atoms with van der Waals surface area (Å²) in [6, 6.07) is 3.51. The van der Waals surface area contributed by atoms with Crippen LogP contribution in [0.5, 0.6) is 5.75 Å². The van der Waals surface area contributed by atoms with Crippen LogP contribution in [0.4, 0.5) is 4.79 Å². The number of nitrogens with zero attached hydrogens (tertiary/aromatic N) is 1. The summed E-state index contributed by atoms with van der Waals surface area (Å²) in [6.07, 6.45) is 0.974. The standard InChI is InChI=1S/C16H25N3O4/c1-15(2,3)23-14(21)19-16(4,5)13(20)18-10-11-12(22-6)8-7-9-17-11/h7-9H,10H2,1-6H3,(H,18,20)(H,19,21). The molecular formula is C16H25N3O4. The number of ether oxygens (including phenoxy) is 2. The Morgan fingerprint density at radius 3 is 2.43 bits per heavy atom. The van der Waals surface area contributed by atoms with Gasteiger partial charge < -0.3 is 20.1 Å². The molecule has 0 aliphatic heterocycles. The van der Waals surface area contributed by atoms with Gasteiger partial charge in [0.25, 0.3) is 0 Å². The van der Waals surface area contributed by atoms with Gasteiger partial charge in [-0.3, -0.25) is 9.78 Å². The van der Waals surface area contributed by atoms with Gasteiger partial charge in [0.05, 0.1) is 13.7 Å². The number of hydrogen-bond acceptors (Lipinski definition) is 5. The summed E-state index contributed by atoms with van der Waals surface area (Å²) in [7, 11) is 1.54. The molecule has 1 aromatic heterocycles. The molecule has 0 saturated heterocycles. The Bertz CT molecular complexity index is 565. The van der Waals surface area contributed by atoms with Gasteiger partial charge in [-0.2, -0.15) is 0 Å². The topological polar surface area (TPSA) is 89.5 Å². The molecule has 0 spiro atoms. The van der Waals surface area contributed by atoms with E-state index in [1.165, 1.54) is 7.11 Å². The van der Waals surface area contributed by atoms with Gasteiger partial charge in [-0.05, 0) is 46.8 Å². The van der Waals surface area contributed by atoms with E-state index in [4.69, 9.17) is 9.47 Å². The van der Waals surface area contributed by atoms with Crippen molar-refractivity contribution in [2.45, 2.75) is 52.3 Å². The van der Waals surface area contributed by atoms with Crippen molar-refractivity contribution in [3.63, 3.8) is 0 Å². The van der Waals surface area contributed by atoms with Crippen LogP contribution in [0.15, 0.2) is 18.3 Å². The molecule has 0 aliphatic carbocycles. The van der Waals surface area contributed by atoms with Crippen molar-refractivity contribution in [1.82, 2.24) is 15.6 Å². The second kappa shape index (κ2) is 7.30. The van der Waals surface area contributed by atoms with Gasteiger partial charge in [-0.25, -0.2) is 4.79 Å². The largest absolute Gasteiger partial charge is 0.495 e. The van der Waals surface area contributed by atoms with E-state index in [-0.39, 0.29) is 12.5 Å². The molecule has 7 nitrogen and oxygen atoms in total. The van der Waals surface area contributed by atoms with E-state index in [1.54, 1.807) is 52.9 Å². The maximum atomic E-state index is 12.3. The number of rotatable bonds is 5. The smallest absolute Gasteiger partial charge is 0.408 e. The van der Waals surface area contributed by atoms with E-state index < -0.39 is 17.2 Å². The molecule has 0 radical (unpaired) electrons. The van der Waals surface area contributed by atoms with E-state index in [0.717, 1.165) is 0 Å². The summed E-state index contributed by atoms with van der Waals surface area (Å²) >= 11 is 0. The zero-order chi connectivity index (χ0) is 17.7. The van der Waals surface area contributed by atoms with Crippen LogP contribution in [-0.2, 0) is 16.1 Å². The van der Waals surface area contributed by atoms with Crippen LogP contribution in [0, 0.1) is 0 Å². The minimum atomic E-state index is -1.12. The molecule has 128 valence electrons. The van der Waals surface area contributed by atoms with Crippen molar-refractivity contribution in [1.29, 1.82) is 0 Å². The average Bonchev–Trinajstić information content (AvgIpc) is 2.42. The summed E-state index contributed by atoms with van der Waals surface area (Å²) < 4.78 is 10.3. The Balaban J connectivity index is 2.63. The Morgan fingerprint density at radius 2 is 1.87 bits per heavy atom. The number of amides is 2. The molecule has 1 heterocycles. The fourth-order valence-electron chi connectivity index (χ4n) is 1.74. The molecule has 0 unspecified atom stereocenters. The van der Waals surface area contributed by atoms with Gasteiger partial charge in [0.2, 0.25) is 5.91 Å². The number of carbonyl (C=O) groups is 2. The van der Waals surface area contributed by atoms with Crippen LogP contribution >= 0.6 is 0 Å². The summed E-state index contributed by atoms with van der Waals surface area (Å²) in [4.78, 5) is 28.3. The summed E-state index contributed by atoms with van der Waals surface area (Å²) in [5, 5.41) is 5.28. The maximum Gasteiger partial charge on any atom is 0.408 e. The molecule has 2 amide bonds. The fraction of sp³-hybridized carbons (Fsp3) is 0.562. The predicted molar refractivity (Wildman–Crippen MR) is 86.1 cm³/mol. The Kier molecular flexibility index (Phi) is 5.95. The Hall–Kier alpha value is -2.31. The van der Waals surface area contributed by atoms with Crippen molar-refractivity contribution < 1.29 is 19.1 Å². The fourth-order valence-corrected chi connectivity index (χ4v) is 1.74. The highest BCUT2D eigenvalue weighted by molar-refractivity contribution is 5.89. The molecule has 0 aromatic carbocycles. The quantitative estimate of drug-likeness (QED) is 0.865. The van der Waals surface area contributed by atoms with Crippen LogP contribution < -0.4 is 15.4 Å². The zero-order valence-corrected chi connectivity index (χ0v) is 14.5. The number of aromatic nitrogens is 1. The maximum absolute atomic E-state index is 12.3. The van der Waals surface area contributed by atoms with E-state index in [0.29, 0.717) is 11.4 Å². The number of carbonyl (C=O) groups excluding carboxylic acids is 2. The van der Waals surface area contributed by atoms with Crippen LogP contribution in [-0.4, -0.2) is 35.2 Å². The molecule has 7 heteroatoms. The van der Waals surface area contributed by atoms with Crippen LogP contribution in [0.25, 0.3) is 0 Å². The van der Waals surface area contributed by atoms with Gasteiger partial charge in [0.15, 0.2) is 0 Å². The molecule has 2 N–H and O–H groups in total. The summed E-state index contributed by atoms with van der Waals surface area (Å²) in [5.41, 5.74) is -1.14. The first-order valence-corrected chi connectivity index (χ1v) is 7.32. The third kappa shape index (κ3) is 6.14. The minimum absolute atomic E-state index is 0.197. The molecule has 23 heavy (non-hydrogen) atoms. The molecule has 0 atom stereocenters. The number of methoxy groups -OCH3 is 1. The van der Waals surface area contributed by atoms with Gasteiger partial charge in [-0.1, -0.05) is 0 Å². The third-order valence-electron chi connectivity index (χ3n) is 2.87. The summed E-state index contributed by atoms with van der Waals surface area (Å²) in [5.74, 6) is 0.238. The Labute approximate surface area is 136 Å². The molecule has 0 fully saturated rings. The van der Waals surface area contributed by atoms with Gasteiger partial charge in [0, 0.05) is 6.20 Å². The lowest BCUT2D eigenvalue weighted by Gasteiger charge is -2.27. The monoisotopic (exact) mass is 323 g/mol. The van der Waals surface area contributed by atoms with Gasteiger partial charge in [-0.15, -0.1) is 0 Å². The molecular weight excluding hydrogens is 298 g/mol. The minimum Gasteiger partial charge on any atom is -0.495 e. The van der Waals surface area contributed by atoms with Crippen molar-refractivity contribution in [3.8, 4) is 5.75 Å².